The van der Waals surface area contributed by atoms with Crippen LogP contribution in [0.5, 0.6) is 34.5 Å². The SMILES string of the molecule is CCC(OC(=O)c1cc(OC)c(OC)c(OC)c1)C1CCCOc2cc(cc(OC)c2OC)C(=O)OCCCN2CCCN(CC1)CC2. The summed E-state index contributed by atoms with van der Waals surface area (Å²) >= 11 is 0. The molecule has 0 aliphatic carbocycles. The third kappa shape index (κ3) is 9.59. The van der Waals surface area contributed by atoms with Crippen molar-refractivity contribution in [2.45, 2.75) is 51.6 Å². The minimum atomic E-state index is -0.446. The molecule has 0 saturated carbocycles. The van der Waals surface area contributed by atoms with Crippen molar-refractivity contribution in [3.63, 3.8) is 0 Å². The summed E-state index contributed by atoms with van der Waals surface area (Å²) in [6, 6.07) is 6.49. The first kappa shape index (κ1) is 36.9. The van der Waals surface area contributed by atoms with Gasteiger partial charge in [-0.2, -0.15) is 0 Å². The molecule has 12 nitrogen and oxygen atoms in total. The zero-order chi connectivity index (χ0) is 34.5. The van der Waals surface area contributed by atoms with E-state index in [0.717, 1.165) is 65.0 Å². The van der Waals surface area contributed by atoms with Crippen molar-refractivity contribution >= 4 is 11.9 Å². The Hall–Kier alpha value is -3.90. The van der Waals surface area contributed by atoms with Crippen molar-refractivity contribution < 1.29 is 47.5 Å². The molecule has 1 fully saturated rings. The molecule has 2 aromatic rings. The van der Waals surface area contributed by atoms with E-state index in [1.807, 2.05) is 6.92 Å². The number of hydrogen-bond acceptors (Lipinski definition) is 12. The van der Waals surface area contributed by atoms with Crippen molar-refractivity contribution in [3.05, 3.63) is 35.4 Å². The average molecular weight is 673 g/mol. The molecule has 2 aliphatic rings. The Labute approximate surface area is 284 Å². The summed E-state index contributed by atoms with van der Waals surface area (Å²) in [5, 5.41) is 0. The molecule has 266 valence electrons. The third-order valence-corrected chi connectivity index (χ3v) is 9.09. The first-order valence-corrected chi connectivity index (χ1v) is 16.9. The van der Waals surface area contributed by atoms with E-state index in [9.17, 15) is 9.59 Å². The topological polar surface area (TPSA) is 114 Å². The number of ether oxygens (including phenoxy) is 8. The van der Waals surface area contributed by atoms with E-state index in [1.165, 1.54) is 35.5 Å². The lowest BCUT2D eigenvalue weighted by Gasteiger charge is -2.29. The minimum absolute atomic E-state index is 0.0868. The predicted molar refractivity (Wildman–Crippen MR) is 180 cm³/mol. The van der Waals surface area contributed by atoms with Crippen molar-refractivity contribution in [2.24, 2.45) is 5.92 Å². The molecule has 0 aromatic heterocycles. The minimum Gasteiger partial charge on any atom is -0.493 e. The normalized spacial score (nSPS) is 21.5. The molecule has 4 atom stereocenters. The molecule has 2 aromatic carbocycles. The van der Waals surface area contributed by atoms with E-state index in [-0.39, 0.29) is 12.0 Å². The van der Waals surface area contributed by atoms with Gasteiger partial charge in [-0.15, -0.1) is 0 Å². The standard InChI is InChI=1S/C36H52N2O10/c1-7-28(48-36(40)27-22-29(41-2)33(44-5)30(23-27)42-3)25-11-8-19-46-32-24-26(21-31(43-4)34(32)45-6)35(39)47-20-10-15-37-13-9-14-38(16-12-25)18-17-37/h21-25,28H,7-20H2,1-6H3. The fraction of sp³-hybridized carbons (Fsp3) is 0.611. The van der Waals surface area contributed by atoms with Gasteiger partial charge in [0.15, 0.2) is 23.0 Å². The first-order chi connectivity index (χ1) is 23.3. The number of rotatable bonds is 9. The second kappa shape index (κ2) is 18.6. The van der Waals surface area contributed by atoms with E-state index in [1.54, 1.807) is 24.3 Å². The maximum absolute atomic E-state index is 13.6. The summed E-state index contributed by atoms with van der Waals surface area (Å²) in [5.41, 5.74) is 0.670. The van der Waals surface area contributed by atoms with Crippen LogP contribution in [0, 0.1) is 5.92 Å². The molecule has 1 saturated heterocycles. The highest BCUT2D eigenvalue weighted by molar-refractivity contribution is 5.92. The van der Waals surface area contributed by atoms with E-state index in [2.05, 4.69) is 9.80 Å². The maximum Gasteiger partial charge on any atom is 0.338 e. The van der Waals surface area contributed by atoms with Crippen LogP contribution in [0.1, 0.15) is 66.2 Å². The van der Waals surface area contributed by atoms with Crippen LogP contribution in [0.2, 0.25) is 0 Å². The molecule has 0 spiro atoms. The number of fused-ring (bicyclic) bond motifs is 5. The maximum atomic E-state index is 13.6. The van der Waals surface area contributed by atoms with Gasteiger partial charge in [0.25, 0.3) is 0 Å². The molecule has 0 N–H and O–H groups in total. The van der Waals surface area contributed by atoms with Crippen LogP contribution in [-0.2, 0) is 9.47 Å². The quantitative estimate of drug-likeness (QED) is 0.330. The molecule has 0 radical (unpaired) electrons. The lowest BCUT2D eigenvalue weighted by molar-refractivity contribution is 0.00728. The van der Waals surface area contributed by atoms with Crippen LogP contribution in [-0.4, -0.2) is 116 Å². The van der Waals surface area contributed by atoms with Gasteiger partial charge in [-0.1, -0.05) is 6.92 Å². The fourth-order valence-electron chi connectivity index (χ4n) is 6.47. The monoisotopic (exact) mass is 672 g/mol. The van der Waals surface area contributed by atoms with Crippen molar-refractivity contribution in [1.29, 1.82) is 0 Å². The average Bonchev–Trinajstić information content (AvgIpc) is 3.35. The molecular formula is C36H52N2O10. The van der Waals surface area contributed by atoms with Crippen molar-refractivity contribution in [2.75, 3.05) is 88.0 Å². The summed E-state index contributed by atoms with van der Waals surface area (Å²) in [4.78, 5) is 31.5. The Morgan fingerprint density at radius 2 is 1.33 bits per heavy atom. The molecule has 12 heteroatoms. The van der Waals surface area contributed by atoms with Gasteiger partial charge in [-0.05, 0) is 88.3 Å². The zero-order valence-electron chi connectivity index (χ0n) is 29.3. The highest BCUT2D eigenvalue weighted by atomic mass is 16.6. The zero-order valence-corrected chi connectivity index (χ0v) is 29.3. The molecule has 4 bridgehead atoms. The van der Waals surface area contributed by atoms with E-state index in [4.69, 9.17) is 37.9 Å². The Morgan fingerprint density at radius 3 is 1.96 bits per heavy atom. The van der Waals surface area contributed by atoms with Crippen LogP contribution in [0.15, 0.2) is 24.3 Å². The number of carbonyl (C=O) groups excluding carboxylic acids is 2. The van der Waals surface area contributed by atoms with Crippen LogP contribution in [0.25, 0.3) is 0 Å². The second-order valence-corrected chi connectivity index (χ2v) is 12.0. The van der Waals surface area contributed by atoms with E-state index in [0.29, 0.717) is 71.7 Å². The molecule has 48 heavy (non-hydrogen) atoms. The number of benzene rings is 2. The first-order valence-electron chi connectivity index (χ1n) is 16.9. The molecule has 4 rings (SSSR count). The van der Waals surface area contributed by atoms with Gasteiger partial charge >= 0.3 is 11.9 Å². The van der Waals surface area contributed by atoms with Gasteiger partial charge in [0.1, 0.15) is 6.10 Å². The van der Waals surface area contributed by atoms with Crippen molar-refractivity contribution in [1.82, 2.24) is 9.80 Å². The summed E-state index contributed by atoms with van der Waals surface area (Å²) in [5.74, 6) is 1.62. The van der Waals surface area contributed by atoms with Crippen LogP contribution >= 0.6 is 0 Å². The molecule has 2 heterocycles. The van der Waals surface area contributed by atoms with Crippen molar-refractivity contribution in [3.8, 4) is 34.5 Å². The van der Waals surface area contributed by atoms with E-state index < -0.39 is 11.9 Å². The molecule has 4 unspecified atom stereocenters. The summed E-state index contributed by atoms with van der Waals surface area (Å²) in [6.07, 6.45) is 4.49. The summed E-state index contributed by atoms with van der Waals surface area (Å²) in [6.45, 7) is 8.45. The number of methoxy groups -OCH3 is 5. The van der Waals surface area contributed by atoms with Gasteiger partial charge < -0.3 is 47.7 Å². The lowest BCUT2D eigenvalue weighted by Crippen LogP contribution is -2.35. The van der Waals surface area contributed by atoms with Gasteiger partial charge in [-0.25, -0.2) is 9.59 Å². The number of nitrogens with zero attached hydrogens (tertiary/aromatic N) is 2. The Kier molecular flexibility index (Phi) is 14.3. The highest BCUT2D eigenvalue weighted by Crippen LogP contribution is 2.40. The second-order valence-electron chi connectivity index (χ2n) is 12.0. The van der Waals surface area contributed by atoms with E-state index >= 15 is 0 Å². The van der Waals surface area contributed by atoms with Gasteiger partial charge in [-0.3, -0.25) is 0 Å². The van der Waals surface area contributed by atoms with Gasteiger partial charge in [0.05, 0.1) is 59.9 Å². The van der Waals surface area contributed by atoms with Crippen LogP contribution in [0.4, 0.5) is 0 Å². The lowest BCUT2D eigenvalue weighted by atomic mass is 9.91. The highest BCUT2D eigenvalue weighted by Gasteiger charge is 2.28. The predicted octanol–water partition coefficient (Wildman–Crippen LogP) is 5.10. The molecule has 0 amide bonds. The number of esters is 2. The largest absolute Gasteiger partial charge is 0.493 e. The smallest absolute Gasteiger partial charge is 0.338 e. The number of cyclic esters (lactones) is 1. The van der Waals surface area contributed by atoms with Crippen LogP contribution < -0.4 is 28.4 Å². The summed E-state index contributed by atoms with van der Waals surface area (Å²) < 4.78 is 45.5. The number of carbonyl (C=O) groups is 2. The Balaban J connectivity index is 1.56. The summed E-state index contributed by atoms with van der Waals surface area (Å²) in [7, 11) is 7.62. The van der Waals surface area contributed by atoms with Crippen LogP contribution in [0.3, 0.4) is 0 Å². The molecule has 2 aliphatic heterocycles. The number of hydrogen-bond donors (Lipinski definition) is 0. The molecular weight excluding hydrogens is 620 g/mol. The third-order valence-electron chi connectivity index (χ3n) is 9.09. The van der Waals surface area contributed by atoms with Gasteiger partial charge in [0.2, 0.25) is 11.5 Å². The Bertz CT molecular complexity index is 1330. The van der Waals surface area contributed by atoms with Gasteiger partial charge in [0, 0.05) is 19.6 Å². The Morgan fingerprint density at radius 1 is 0.729 bits per heavy atom. The fourth-order valence-corrected chi connectivity index (χ4v) is 6.47.